The van der Waals surface area contributed by atoms with Crippen molar-refractivity contribution < 1.29 is 17.9 Å². The SMILES string of the molecule is CCC1(CC)C[C@H](NS(=O)(=O)c2ccc(SC)c(NC(=O)C(C)C)c2)c2ccccc2O1. The molecule has 1 aliphatic rings. The molecule has 0 unspecified atom stereocenters. The average Bonchev–Trinajstić information content (AvgIpc) is 2.78. The summed E-state index contributed by atoms with van der Waals surface area (Å²) in [6.07, 6.45) is 4.00. The summed E-state index contributed by atoms with van der Waals surface area (Å²) in [7, 11) is -3.84. The van der Waals surface area contributed by atoms with E-state index in [0.717, 1.165) is 29.1 Å². The number of hydrogen-bond acceptors (Lipinski definition) is 5. The number of fused-ring (bicyclic) bond motifs is 1. The van der Waals surface area contributed by atoms with Crippen LogP contribution in [0.5, 0.6) is 5.75 Å². The minimum absolute atomic E-state index is 0.122. The first-order chi connectivity index (χ1) is 15.1. The fourth-order valence-electron chi connectivity index (χ4n) is 3.89. The van der Waals surface area contributed by atoms with Gasteiger partial charge >= 0.3 is 0 Å². The molecule has 1 amide bonds. The second kappa shape index (κ2) is 9.85. The standard InChI is InChI=1S/C24H32N2O4S2/c1-6-24(7-2)15-20(18-10-8-9-11-21(18)30-24)26-32(28,29)17-12-13-22(31-5)19(14-17)25-23(27)16(3)4/h8-14,16,20,26H,6-7,15H2,1-5H3,(H,25,27)/t20-/m0/s1. The van der Waals surface area contributed by atoms with E-state index in [1.807, 2.05) is 30.5 Å². The highest BCUT2D eigenvalue weighted by Crippen LogP contribution is 2.43. The van der Waals surface area contributed by atoms with E-state index in [0.29, 0.717) is 12.1 Å². The van der Waals surface area contributed by atoms with Gasteiger partial charge in [0.2, 0.25) is 15.9 Å². The molecule has 1 heterocycles. The minimum Gasteiger partial charge on any atom is -0.487 e. The number of nitrogens with one attached hydrogen (secondary N) is 2. The van der Waals surface area contributed by atoms with Crippen LogP contribution in [-0.2, 0) is 14.8 Å². The number of para-hydroxylation sites is 1. The largest absolute Gasteiger partial charge is 0.487 e. The fourth-order valence-corrected chi connectivity index (χ4v) is 5.67. The lowest BCUT2D eigenvalue weighted by Gasteiger charge is -2.41. The van der Waals surface area contributed by atoms with E-state index < -0.39 is 21.7 Å². The van der Waals surface area contributed by atoms with Crippen molar-refractivity contribution >= 4 is 33.4 Å². The van der Waals surface area contributed by atoms with Crippen LogP contribution in [0.15, 0.2) is 52.3 Å². The number of benzene rings is 2. The Morgan fingerprint density at radius 2 is 1.88 bits per heavy atom. The molecule has 3 rings (SSSR count). The fraction of sp³-hybridized carbons (Fsp3) is 0.458. The summed E-state index contributed by atoms with van der Waals surface area (Å²) in [6, 6.07) is 12.0. The Morgan fingerprint density at radius 1 is 1.19 bits per heavy atom. The van der Waals surface area contributed by atoms with E-state index in [9.17, 15) is 13.2 Å². The van der Waals surface area contributed by atoms with Crippen LogP contribution in [0.4, 0.5) is 5.69 Å². The minimum atomic E-state index is -3.84. The van der Waals surface area contributed by atoms with Gasteiger partial charge in [-0.05, 0) is 43.4 Å². The van der Waals surface area contributed by atoms with Crippen molar-refractivity contribution in [2.45, 2.75) is 68.4 Å². The highest BCUT2D eigenvalue weighted by Gasteiger charge is 2.40. The van der Waals surface area contributed by atoms with Crippen molar-refractivity contribution in [2.75, 3.05) is 11.6 Å². The third-order valence-electron chi connectivity index (χ3n) is 6.05. The zero-order valence-electron chi connectivity index (χ0n) is 19.3. The number of anilines is 1. The number of amides is 1. The van der Waals surface area contributed by atoms with Crippen LogP contribution in [0.25, 0.3) is 0 Å². The summed E-state index contributed by atoms with van der Waals surface area (Å²) in [5, 5.41) is 2.85. The summed E-state index contributed by atoms with van der Waals surface area (Å²) in [4.78, 5) is 13.2. The highest BCUT2D eigenvalue weighted by atomic mass is 32.2. The summed E-state index contributed by atoms with van der Waals surface area (Å²) < 4.78 is 36.0. The topological polar surface area (TPSA) is 84.5 Å². The predicted octanol–water partition coefficient (Wildman–Crippen LogP) is 5.36. The first-order valence-corrected chi connectivity index (χ1v) is 13.6. The Hall–Kier alpha value is -2.03. The van der Waals surface area contributed by atoms with E-state index >= 15 is 0 Å². The number of sulfonamides is 1. The van der Waals surface area contributed by atoms with Crippen molar-refractivity contribution in [1.82, 2.24) is 4.72 Å². The van der Waals surface area contributed by atoms with Crippen LogP contribution in [0, 0.1) is 5.92 Å². The Bertz CT molecular complexity index is 1080. The zero-order valence-corrected chi connectivity index (χ0v) is 20.9. The van der Waals surface area contributed by atoms with Crippen molar-refractivity contribution in [3.05, 3.63) is 48.0 Å². The molecule has 0 radical (unpaired) electrons. The maximum atomic E-state index is 13.4. The summed E-state index contributed by atoms with van der Waals surface area (Å²) in [5.41, 5.74) is 0.922. The third-order valence-corrected chi connectivity index (χ3v) is 8.31. The van der Waals surface area contributed by atoms with Crippen molar-refractivity contribution in [1.29, 1.82) is 0 Å². The molecule has 1 atom stereocenters. The molecule has 6 nitrogen and oxygen atoms in total. The van der Waals surface area contributed by atoms with Crippen LogP contribution >= 0.6 is 11.8 Å². The molecule has 0 aliphatic carbocycles. The molecular weight excluding hydrogens is 444 g/mol. The van der Waals surface area contributed by atoms with Crippen LogP contribution in [0.3, 0.4) is 0 Å². The van der Waals surface area contributed by atoms with Gasteiger partial charge in [-0.15, -0.1) is 11.8 Å². The number of hydrogen-bond donors (Lipinski definition) is 2. The average molecular weight is 477 g/mol. The summed E-state index contributed by atoms with van der Waals surface area (Å²) in [5.74, 6) is 0.354. The number of carbonyl (C=O) groups excluding carboxylic acids is 1. The van der Waals surface area contributed by atoms with E-state index in [2.05, 4.69) is 23.9 Å². The van der Waals surface area contributed by atoms with Gasteiger partial charge in [-0.1, -0.05) is 45.9 Å². The highest BCUT2D eigenvalue weighted by molar-refractivity contribution is 7.98. The van der Waals surface area contributed by atoms with Gasteiger partial charge in [0.1, 0.15) is 11.4 Å². The van der Waals surface area contributed by atoms with E-state index in [1.54, 1.807) is 26.0 Å². The van der Waals surface area contributed by atoms with Crippen molar-refractivity contribution in [3.8, 4) is 5.75 Å². The monoisotopic (exact) mass is 476 g/mol. The van der Waals surface area contributed by atoms with Gasteiger partial charge in [0.05, 0.1) is 16.6 Å². The van der Waals surface area contributed by atoms with Gasteiger partial charge in [-0.3, -0.25) is 4.79 Å². The zero-order chi connectivity index (χ0) is 23.5. The number of carbonyl (C=O) groups is 1. The number of ether oxygens (including phenoxy) is 1. The normalized spacial score (nSPS) is 17.5. The lowest BCUT2D eigenvalue weighted by atomic mass is 9.84. The predicted molar refractivity (Wildman–Crippen MR) is 130 cm³/mol. The molecule has 2 N–H and O–H groups in total. The third kappa shape index (κ3) is 5.13. The summed E-state index contributed by atoms with van der Waals surface area (Å²) in [6.45, 7) is 7.72. The van der Waals surface area contributed by atoms with Crippen LogP contribution in [-0.4, -0.2) is 26.2 Å². The summed E-state index contributed by atoms with van der Waals surface area (Å²) >= 11 is 1.45. The van der Waals surface area contributed by atoms with Gasteiger partial charge in [0.15, 0.2) is 0 Å². The van der Waals surface area contributed by atoms with Gasteiger partial charge in [0.25, 0.3) is 0 Å². The van der Waals surface area contributed by atoms with Crippen LogP contribution in [0.1, 0.15) is 58.6 Å². The second-order valence-electron chi connectivity index (χ2n) is 8.41. The van der Waals surface area contributed by atoms with Crippen LogP contribution < -0.4 is 14.8 Å². The Balaban J connectivity index is 1.96. The van der Waals surface area contributed by atoms with Crippen molar-refractivity contribution in [2.24, 2.45) is 5.92 Å². The van der Waals surface area contributed by atoms with E-state index in [4.69, 9.17) is 4.74 Å². The first-order valence-electron chi connectivity index (χ1n) is 10.9. The molecule has 0 saturated carbocycles. The van der Waals surface area contributed by atoms with Crippen molar-refractivity contribution in [3.63, 3.8) is 0 Å². The van der Waals surface area contributed by atoms with E-state index in [1.165, 1.54) is 17.8 Å². The molecule has 0 saturated heterocycles. The quantitative estimate of drug-likeness (QED) is 0.501. The molecule has 0 aromatic heterocycles. The molecule has 2 aromatic rings. The number of thioether (sulfide) groups is 1. The molecule has 8 heteroatoms. The molecular formula is C24H32N2O4S2. The maximum Gasteiger partial charge on any atom is 0.241 e. The lowest BCUT2D eigenvalue weighted by molar-refractivity contribution is -0.118. The molecule has 0 bridgehead atoms. The van der Waals surface area contributed by atoms with Gasteiger partial charge in [0, 0.05) is 22.8 Å². The Morgan fingerprint density at radius 3 is 2.50 bits per heavy atom. The molecule has 0 fully saturated rings. The van der Waals surface area contributed by atoms with Gasteiger partial charge in [-0.25, -0.2) is 13.1 Å². The van der Waals surface area contributed by atoms with E-state index in [-0.39, 0.29) is 16.7 Å². The van der Waals surface area contributed by atoms with Gasteiger partial charge in [-0.2, -0.15) is 0 Å². The lowest BCUT2D eigenvalue weighted by Crippen LogP contribution is -2.44. The molecule has 1 aliphatic heterocycles. The Labute approximate surface area is 195 Å². The number of rotatable bonds is 8. The van der Waals surface area contributed by atoms with Crippen LogP contribution in [0.2, 0.25) is 0 Å². The molecule has 174 valence electrons. The second-order valence-corrected chi connectivity index (χ2v) is 11.0. The first kappa shape index (κ1) is 24.6. The molecule has 32 heavy (non-hydrogen) atoms. The maximum absolute atomic E-state index is 13.4. The molecule has 0 spiro atoms. The Kier molecular flexibility index (Phi) is 7.57. The molecule has 2 aromatic carbocycles. The van der Waals surface area contributed by atoms with Gasteiger partial charge < -0.3 is 10.1 Å². The smallest absolute Gasteiger partial charge is 0.241 e.